The number of nitrogens with one attached hydrogen (secondary N) is 1. The molecule has 0 saturated carbocycles. The molecule has 176 valence electrons. The van der Waals surface area contributed by atoms with Crippen molar-refractivity contribution in [2.75, 3.05) is 31.1 Å². The highest BCUT2D eigenvalue weighted by molar-refractivity contribution is 5.92. The Kier molecular flexibility index (Phi) is 8.07. The first-order chi connectivity index (χ1) is 14.9. The first-order valence-corrected chi connectivity index (χ1v) is 10.2. The molecule has 2 rings (SSSR count). The van der Waals surface area contributed by atoms with E-state index >= 15 is 0 Å². The van der Waals surface area contributed by atoms with Crippen molar-refractivity contribution < 1.29 is 32.2 Å². The molecule has 0 radical (unpaired) electrons. The Bertz CT molecular complexity index is 891. The normalized spacial score (nSPS) is 16.9. The number of anilines is 1. The van der Waals surface area contributed by atoms with Crippen molar-refractivity contribution in [3.63, 3.8) is 0 Å². The summed E-state index contributed by atoms with van der Waals surface area (Å²) in [5.41, 5.74) is -2.96. The summed E-state index contributed by atoms with van der Waals surface area (Å²) in [6.07, 6.45) is -4.37. The molecule has 32 heavy (non-hydrogen) atoms. The molecule has 1 fully saturated rings. The van der Waals surface area contributed by atoms with E-state index in [9.17, 15) is 28.0 Å². The predicted octanol–water partition coefficient (Wildman–Crippen LogP) is 3.05. The Morgan fingerprint density at radius 1 is 1.34 bits per heavy atom. The molecule has 0 spiro atoms. The fraction of sp³-hybridized carbons (Fsp3) is 0.619. The van der Waals surface area contributed by atoms with Crippen molar-refractivity contribution in [1.29, 1.82) is 5.26 Å². The van der Waals surface area contributed by atoms with Gasteiger partial charge in [-0.25, -0.2) is 9.78 Å². The quantitative estimate of drug-likeness (QED) is 0.652. The van der Waals surface area contributed by atoms with E-state index < -0.39 is 29.0 Å². The number of hydrogen-bond acceptors (Lipinski definition) is 8. The van der Waals surface area contributed by atoms with Crippen LogP contribution in [0.15, 0.2) is 6.07 Å². The third-order valence-corrected chi connectivity index (χ3v) is 4.56. The molecule has 11 heteroatoms. The Balaban J connectivity index is 2.27. The van der Waals surface area contributed by atoms with Crippen LogP contribution in [0.1, 0.15) is 62.2 Å². The van der Waals surface area contributed by atoms with Gasteiger partial charge in [0.25, 0.3) is 0 Å². The van der Waals surface area contributed by atoms with Crippen LogP contribution in [-0.2, 0) is 20.4 Å². The second kappa shape index (κ2) is 10.2. The number of ether oxygens (including phenoxy) is 2. The van der Waals surface area contributed by atoms with Crippen molar-refractivity contribution in [2.45, 2.75) is 58.4 Å². The molecule has 2 heterocycles. The number of nitrogens with zero attached hydrogens (tertiary/aromatic N) is 3. The van der Waals surface area contributed by atoms with E-state index in [1.54, 1.807) is 25.7 Å². The summed E-state index contributed by atoms with van der Waals surface area (Å²) >= 11 is 0. The molecule has 1 aliphatic rings. The van der Waals surface area contributed by atoms with Crippen molar-refractivity contribution >= 4 is 17.8 Å². The van der Waals surface area contributed by atoms with E-state index in [-0.39, 0.29) is 43.0 Å². The summed E-state index contributed by atoms with van der Waals surface area (Å²) in [6, 6.07) is 2.48. The molecule has 0 bridgehead atoms. The lowest BCUT2D eigenvalue weighted by Crippen LogP contribution is -2.51. The first kappa shape index (κ1) is 25.4. The van der Waals surface area contributed by atoms with Gasteiger partial charge in [0, 0.05) is 32.1 Å². The number of pyridine rings is 1. The zero-order valence-electron chi connectivity index (χ0n) is 18.5. The molecule has 0 unspecified atom stereocenters. The highest BCUT2D eigenvalue weighted by Crippen LogP contribution is 2.34. The number of carbonyl (C=O) groups excluding carboxylic acids is 2. The highest BCUT2D eigenvalue weighted by atomic mass is 19.4. The molecule has 1 saturated heterocycles. The molecule has 0 aliphatic carbocycles. The molecular formula is C21H27F3N4O4. The smallest absolute Gasteiger partial charge is 0.434 e. The average molecular weight is 456 g/mol. The van der Waals surface area contributed by atoms with Gasteiger partial charge in [-0.2, -0.15) is 18.4 Å². The molecular weight excluding hydrogens is 429 g/mol. The van der Waals surface area contributed by atoms with Gasteiger partial charge in [0.15, 0.2) is 5.69 Å². The second-order valence-corrected chi connectivity index (χ2v) is 8.31. The second-order valence-electron chi connectivity index (χ2n) is 8.31. The van der Waals surface area contributed by atoms with Gasteiger partial charge in [0.05, 0.1) is 17.7 Å². The molecule has 0 amide bonds. The summed E-state index contributed by atoms with van der Waals surface area (Å²) in [6.45, 7) is 7.61. The standard InChI is InChI=1S/C21H27F3N4O4/c1-5-31-19(30)15-10-13(11-25)18(27-17(15)21(22,23)24)28-9-8-26-14(12-28)6-7-16(29)32-20(2,3)4/h10,14,26H,5-9,12H2,1-4H3/t14-/m1/s1. The lowest BCUT2D eigenvalue weighted by atomic mass is 10.1. The molecule has 1 atom stereocenters. The van der Waals surface area contributed by atoms with Gasteiger partial charge in [-0.1, -0.05) is 0 Å². The molecule has 0 aromatic carbocycles. The average Bonchev–Trinajstić information content (AvgIpc) is 2.69. The number of carbonyl (C=O) groups is 2. The van der Waals surface area contributed by atoms with Gasteiger partial charge >= 0.3 is 18.1 Å². The maximum absolute atomic E-state index is 13.6. The minimum atomic E-state index is -4.91. The van der Waals surface area contributed by atoms with Gasteiger partial charge in [0.2, 0.25) is 0 Å². The Morgan fingerprint density at radius 2 is 2.03 bits per heavy atom. The monoisotopic (exact) mass is 456 g/mol. The van der Waals surface area contributed by atoms with Crippen LogP contribution < -0.4 is 10.2 Å². The SMILES string of the molecule is CCOC(=O)c1cc(C#N)c(N2CCN[C@H](CCC(=O)OC(C)(C)C)C2)nc1C(F)(F)F. The third-order valence-electron chi connectivity index (χ3n) is 4.56. The highest BCUT2D eigenvalue weighted by Gasteiger charge is 2.40. The minimum Gasteiger partial charge on any atom is -0.462 e. The summed E-state index contributed by atoms with van der Waals surface area (Å²) in [4.78, 5) is 29.2. The van der Waals surface area contributed by atoms with Crippen LogP contribution in [0.25, 0.3) is 0 Å². The lowest BCUT2D eigenvalue weighted by Gasteiger charge is -2.35. The Labute approximate surface area is 184 Å². The van der Waals surface area contributed by atoms with Gasteiger partial charge in [-0.3, -0.25) is 4.79 Å². The number of piperazine rings is 1. The van der Waals surface area contributed by atoms with Crippen molar-refractivity contribution in [2.24, 2.45) is 0 Å². The summed E-state index contributed by atoms with van der Waals surface area (Å²) in [5.74, 6) is -1.71. The van der Waals surface area contributed by atoms with Crippen LogP contribution in [0.3, 0.4) is 0 Å². The zero-order chi connectivity index (χ0) is 24.1. The minimum absolute atomic E-state index is 0.114. The van der Waals surface area contributed by atoms with Crippen LogP contribution >= 0.6 is 0 Å². The number of rotatable bonds is 6. The Morgan fingerprint density at radius 3 is 2.59 bits per heavy atom. The molecule has 8 nitrogen and oxygen atoms in total. The molecule has 1 aromatic heterocycles. The number of hydrogen-bond donors (Lipinski definition) is 1. The van der Waals surface area contributed by atoms with Crippen molar-refractivity contribution in [3.05, 3.63) is 22.9 Å². The fourth-order valence-corrected chi connectivity index (χ4v) is 3.30. The van der Waals surface area contributed by atoms with E-state index in [0.29, 0.717) is 19.5 Å². The maximum atomic E-state index is 13.6. The number of aromatic nitrogens is 1. The van der Waals surface area contributed by atoms with E-state index in [1.807, 2.05) is 6.07 Å². The Hall–Kier alpha value is -2.87. The number of nitriles is 1. The van der Waals surface area contributed by atoms with Gasteiger partial charge in [0.1, 0.15) is 17.5 Å². The van der Waals surface area contributed by atoms with Crippen LogP contribution in [0.2, 0.25) is 0 Å². The van der Waals surface area contributed by atoms with Crippen LogP contribution in [0.5, 0.6) is 0 Å². The number of esters is 2. The van der Waals surface area contributed by atoms with Crippen molar-refractivity contribution in [3.8, 4) is 6.07 Å². The first-order valence-electron chi connectivity index (χ1n) is 10.2. The topological polar surface area (TPSA) is 105 Å². The van der Waals surface area contributed by atoms with E-state index in [0.717, 1.165) is 6.07 Å². The van der Waals surface area contributed by atoms with Crippen molar-refractivity contribution in [1.82, 2.24) is 10.3 Å². The van der Waals surface area contributed by atoms with Crippen LogP contribution in [0.4, 0.5) is 19.0 Å². The third kappa shape index (κ3) is 6.82. The van der Waals surface area contributed by atoms with E-state index in [1.165, 1.54) is 6.92 Å². The maximum Gasteiger partial charge on any atom is 0.434 e. The summed E-state index contributed by atoms with van der Waals surface area (Å²) in [5, 5.41) is 12.7. The lowest BCUT2D eigenvalue weighted by molar-refractivity contribution is -0.155. The summed E-state index contributed by atoms with van der Waals surface area (Å²) < 4.78 is 50.8. The predicted molar refractivity (Wildman–Crippen MR) is 109 cm³/mol. The fourth-order valence-electron chi connectivity index (χ4n) is 3.30. The summed E-state index contributed by atoms with van der Waals surface area (Å²) in [7, 11) is 0. The largest absolute Gasteiger partial charge is 0.462 e. The van der Waals surface area contributed by atoms with E-state index in [4.69, 9.17) is 9.47 Å². The van der Waals surface area contributed by atoms with E-state index in [2.05, 4.69) is 10.3 Å². The van der Waals surface area contributed by atoms with Crippen LogP contribution in [-0.4, -0.2) is 54.8 Å². The molecule has 1 aliphatic heterocycles. The number of alkyl halides is 3. The van der Waals surface area contributed by atoms with Crippen LogP contribution in [0, 0.1) is 11.3 Å². The number of halogens is 3. The zero-order valence-corrected chi connectivity index (χ0v) is 18.5. The molecule has 1 aromatic rings. The molecule has 1 N–H and O–H groups in total. The van der Waals surface area contributed by atoms with Gasteiger partial charge < -0.3 is 19.7 Å². The van der Waals surface area contributed by atoms with Gasteiger partial charge in [-0.15, -0.1) is 0 Å². The van der Waals surface area contributed by atoms with Gasteiger partial charge in [-0.05, 0) is 40.2 Å².